The number of carbonyl (C=O) groups is 2. The minimum Gasteiger partial charge on any atom is -0.479 e. The molecular formula is C11H11FO5. The average Bonchev–Trinajstić information content (AvgIpc) is 2.26. The third-order valence-corrected chi connectivity index (χ3v) is 2.26. The van der Waals surface area contributed by atoms with E-state index in [2.05, 4.69) is 0 Å². The molecular weight excluding hydrogens is 231 g/mol. The molecule has 0 saturated heterocycles. The maximum absolute atomic E-state index is 13.0. The number of benzene rings is 1. The average molecular weight is 242 g/mol. The van der Waals surface area contributed by atoms with Gasteiger partial charge in [-0.1, -0.05) is 0 Å². The highest BCUT2D eigenvalue weighted by Gasteiger charge is 2.28. The van der Waals surface area contributed by atoms with Crippen LogP contribution >= 0.6 is 0 Å². The van der Waals surface area contributed by atoms with Crippen LogP contribution in [0.5, 0.6) is 0 Å². The molecule has 0 aliphatic heterocycles. The third-order valence-electron chi connectivity index (χ3n) is 2.26. The first-order chi connectivity index (χ1) is 7.84. The summed E-state index contributed by atoms with van der Waals surface area (Å²) >= 11 is 0. The van der Waals surface area contributed by atoms with E-state index in [1.807, 2.05) is 0 Å². The van der Waals surface area contributed by atoms with Gasteiger partial charge < -0.3 is 15.3 Å². The molecule has 0 aliphatic rings. The molecule has 0 aromatic heterocycles. The van der Waals surface area contributed by atoms with Crippen molar-refractivity contribution in [1.82, 2.24) is 0 Å². The summed E-state index contributed by atoms with van der Waals surface area (Å²) in [5.74, 6) is -2.85. The normalized spacial score (nSPS) is 14.1. The molecule has 0 spiro atoms. The van der Waals surface area contributed by atoms with E-state index < -0.39 is 29.8 Å². The van der Waals surface area contributed by atoms with Crippen molar-refractivity contribution in [3.05, 3.63) is 35.1 Å². The lowest BCUT2D eigenvalue weighted by atomic mass is 9.96. The van der Waals surface area contributed by atoms with Crippen molar-refractivity contribution in [2.24, 2.45) is 0 Å². The maximum atomic E-state index is 13.0. The fourth-order valence-electron chi connectivity index (χ4n) is 1.40. The summed E-state index contributed by atoms with van der Waals surface area (Å²) in [6.07, 6.45) is -3.98. The summed E-state index contributed by atoms with van der Waals surface area (Å²) in [7, 11) is 0. The molecule has 2 atom stereocenters. The Balaban J connectivity index is 3.23. The zero-order chi connectivity index (χ0) is 13.2. The summed E-state index contributed by atoms with van der Waals surface area (Å²) in [5.41, 5.74) is -0.272. The number of aliphatic hydroxyl groups excluding tert-OH is 2. The summed E-state index contributed by atoms with van der Waals surface area (Å²) in [6, 6.07) is 2.97. The Morgan fingerprint density at radius 3 is 2.35 bits per heavy atom. The van der Waals surface area contributed by atoms with Crippen LogP contribution in [0.2, 0.25) is 0 Å². The van der Waals surface area contributed by atoms with Crippen LogP contribution in [0.3, 0.4) is 0 Å². The van der Waals surface area contributed by atoms with Crippen molar-refractivity contribution >= 4 is 11.8 Å². The number of hydrogen-bond donors (Lipinski definition) is 3. The summed E-state index contributed by atoms with van der Waals surface area (Å²) in [6.45, 7) is 1.19. The number of ketones is 1. The molecule has 5 nitrogen and oxygen atoms in total. The fraction of sp³-hybridized carbons (Fsp3) is 0.273. The van der Waals surface area contributed by atoms with E-state index in [0.717, 1.165) is 18.2 Å². The molecule has 3 N–H and O–H groups in total. The Morgan fingerprint density at radius 1 is 1.29 bits per heavy atom. The molecule has 0 saturated carbocycles. The number of carbonyl (C=O) groups excluding carboxylic acids is 1. The molecule has 0 radical (unpaired) electrons. The van der Waals surface area contributed by atoms with E-state index in [0.29, 0.717) is 0 Å². The Hall–Kier alpha value is -1.79. The van der Waals surface area contributed by atoms with Crippen LogP contribution in [0.25, 0.3) is 0 Å². The number of aliphatic hydroxyl groups is 2. The molecule has 17 heavy (non-hydrogen) atoms. The van der Waals surface area contributed by atoms with Gasteiger partial charge in [0.25, 0.3) is 0 Å². The molecule has 1 rings (SSSR count). The van der Waals surface area contributed by atoms with E-state index in [9.17, 15) is 19.1 Å². The lowest BCUT2D eigenvalue weighted by Gasteiger charge is -2.17. The van der Waals surface area contributed by atoms with Gasteiger partial charge in [0.1, 0.15) is 11.9 Å². The van der Waals surface area contributed by atoms with Crippen LogP contribution in [0.4, 0.5) is 4.39 Å². The Bertz CT molecular complexity index is 457. The summed E-state index contributed by atoms with van der Waals surface area (Å²) in [4.78, 5) is 21.7. The van der Waals surface area contributed by atoms with Crippen LogP contribution in [0, 0.1) is 5.82 Å². The molecule has 1 aromatic rings. The van der Waals surface area contributed by atoms with Gasteiger partial charge in [-0.05, 0) is 30.7 Å². The van der Waals surface area contributed by atoms with E-state index in [4.69, 9.17) is 10.2 Å². The van der Waals surface area contributed by atoms with Gasteiger partial charge in [0.15, 0.2) is 11.9 Å². The highest BCUT2D eigenvalue weighted by atomic mass is 19.1. The van der Waals surface area contributed by atoms with Crippen molar-refractivity contribution in [3.63, 3.8) is 0 Å². The molecule has 0 amide bonds. The van der Waals surface area contributed by atoms with E-state index >= 15 is 0 Å². The SMILES string of the molecule is CC(=O)c1ccc(F)cc1C(O)C(O)C(=O)O. The number of rotatable bonds is 4. The number of carboxylic acids is 1. The Morgan fingerprint density at radius 2 is 1.88 bits per heavy atom. The molecule has 0 bridgehead atoms. The molecule has 0 aliphatic carbocycles. The Kier molecular flexibility index (Phi) is 3.93. The van der Waals surface area contributed by atoms with Crippen molar-refractivity contribution in [3.8, 4) is 0 Å². The molecule has 2 unspecified atom stereocenters. The Labute approximate surface area is 96.1 Å². The van der Waals surface area contributed by atoms with Crippen molar-refractivity contribution in [2.45, 2.75) is 19.1 Å². The van der Waals surface area contributed by atoms with Gasteiger partial charge in [0.05, 0.1) is 0 Å². The quantitative estimate of drug-likeness (QED) is 0.668. The van der Waals surface area contributed by atoms with Crippen molar-refractivity contribution in [2.75, 3.05) is 0 Å². The van der Waals surface area contributed by atoms with Crippen LogP contribution in [0.1, 0.15) is 28.9 Å². The number of carboxylic acid groups (broad SMARTS) is 1. The topological polar surface area (TPSA) is 94.8 Å². The predicted octanol–water partition coefficient (Wildman–Crippen LogP) is 0.507. The van der Waals surface area contributed by atoms with Crippen molar-refractivity contribution in [1.29, 1.82) is 0 Å². The van der Waals surface area contributed by atoms with Gasteiger partial charge in [-0.3, -0.25) is 4.79 Å². The molecule has 0 fully saturated rings. The zero-order valence-electron chi connectivity index (χ0n) is 8.92. The number of aliphatic carboxylic acids is 1. The van der Waals surface area contributed by atoms with Gasteiger partial charge >= 0.3 is 5.97 Å². The summed E-state index contributed by atoms with van der Waals surface area (Å²) < 4.78 is 13.0. The van der Waals surface area contributed by atoms with Gasteiger partial charge in [-0.25, -0.2) is 9.18 Å². The maximum Gasteiger partial charge on any atom is 0.335 e. The first-order valence-electron chi connectivity index (χ1n) is 4.74. The zero-order valence-corrected chi connectivity index (χ0v) is 8.92. The minimum absolute atomic E-state index is 0.0285. The molecule has 6 heteroatoms. The van der Waals surface area contributed by atoms with Gasteiger partial charge in [0.2, 0.25) is 0 Å². The summed E-state index contributed by atoms with van der Waals surface area (Å²) in [5, 5.41) is 27.2. The van der Waals surface area contributed by atoms with Crippen LogP contribution < -0.4 is 0 Å². The van der Waals surface area contributed by atoms with E-state index in [-0.39, 0.29) is 11.1 Å². The first-order valence-corrected chi connectivity index (χ1v) is 4.74. The lowest BCUT2D eigenvalue weighted by molar-refractivity contribution is -0.153. The number of halogens is 1. The molecule has 0 heterocycles. The third kappa shape index (κ3) is 2.86. The molecule has 92 valence electrons. The van der Waals surface area contributed by atoms with E-state index in [1.165, 1.54) is 6.92 Å². The van der Waals surface area contributed by atoms with Gasteiger partial charge in [0, 0.05) is 5.56 Å². The second-order valence-electron chi connectivity index (χ2n) is 3.52. The second-order valence-corrected chi connectivity index (χ2v) is 3.52. The van der Waals surface area contributed by atoms with Gasteiger partial charge in [-0.15, -0.1) is 0 Å². The van der Waals surface area contributed by atoms with Crippen LogP contribution in [-0.4, -0.2) is 33.2 Å². The van der Waals surface area contributed by atoms with E-state index in [1.54, 1.807) is 0 Å². The fourth-order valence-corrected chi connectivity index (χ4v) is 1.40. The van der Waals surface area contributed by atoms with Crippen LogP contribution in [-0.2, 0) is 4.79 Å². The monoisotopic (exact) mass is 242 g/mol. The highest BCUT2D eigenvalue weighted by Crippen LogP contribution is 2.23. The number of hydrogen-bond acceptors (Lipinski definition) is 4. The second kappa shape index (κ2) is 5.03. The van der Waals surface area contributed by atoms with Crippen molar-refractivity contribution < 1.29 is 29.3 Å². The molecule has 1 aromatic carbocycles. The first kappa shape index (κ1) is 13.3. The lowest BCUT2D eigenvalue weighted by Crippen LogP contribution is -2.28. The highest BCUT2D eigenvalue weighted by molar-refractivity contribution is 5.95. The minimum atomic E-state index is -2.12. The smallest absolute Gasteiger partial charge is 0.335 e. The van der Waals surface area contributed by atoms with Crippen LogP contribution in [0.15, 0.2) is 18.2 Å². The van der Waals surface area contributed by atoms with Gasteiger partial charge in [-0.2, -0.15) is 0 Å². The number of Topliss-reactive ketones (excluding diaryl/α,β-unsaturated/α-hetero) is 1. The largest absolute Gasteiger partial charge is 0.479 e. The standard InChI is InChI=1S/C11H11FO5/c1-5(13)7-3-2-6(12)4-8(7)9(14)10(15)11(16)17/h2-4,9-10,14-15H,1H3,(H,16,17). The predicted molar refractivity (Wildman–Crippen MR) is 55.0 cm³/mol.